The van der Waals surface area contributed by atoms with Gasteiger partial charge in [0.15, 0.2) is 0 Å². The van der Waals surface area contributed by atoms with Gasteiger partial charge in [-0.05, 0) is 43.3 Å². The van der Waals surface area contributed by atoms with Crippen molar-refractivity contribution < 1.29 is 4.52 Å². The van der Waals surface area contributed by atoms with Crippen molar-refractivity contribution in [2.75, 3.05) is 23.3 Å². The molecule has 5 nitrogen and oxygen atoms in total. The molecule has 1 aromatic heterocycles. The Morgan fingerprint density at radius 2 is 1.89 bits per heavy atom. The summed E-state index contributed by atoms with van der Waals surface area (Å²) in [7, 11) is 0. The lowest BCUT2D eigenvalue weighted by atomic mass is 10.3. The second kappa shape index (κ2) is 6.43. The predicted octanol–water partition coefficient (Wildman–Crippen LogP) is 3.18. The van der Waals surface area contributed by atoms with Crippen LogP contribution in [0, 0.1) is 0 Å². The van der Waals surface area contributed by atoms with Gasteiger partial charge < -0.3 is 14.7 Å². The predicted molar refractivity (Wildman–Crippen MR) is 76.6 cm³/mol. The fraction of sp³-hybridized carbons (Fsp3) is 0.385. The van der Waals surface area contributed by atoms with Crippen molar-refractivity contribution in [3.05, 3.63) is 35.2 Å². The monoisotopic (exact) mass is 280 g/mol. The van der Waals surface area contributed by atoms with Gasteiger partial charge in [0.05, 0.1) is 6.54 Å². The molecule has 0 saturated heterocycles. The smallest absolute Gasteiger partial charge is 0.266 e. The molecular formula is C13H17ClN4O. The summed E-state index contributed by atoms with van der Waals surface area (Å²) in [6, 6.07) is 7.48. The van der Waals surface area contributed by atoms with Gasteiger partial charge in [0, 0.05) is 23.8 Å². The minimum absolute atomic E-state index is 0.496. The highest BCUT2D eigenvalue weighted by atomic mass is 35.5. The van der Waals surface area contributed by atoms with E-state index >= 15 is 0 Å². The first-order valence-electron chi connectivity index (χ1n) is 6.30. The van der Waals surface area contributed by atoms with Crippen molar-refractivity contribution in [1.29, 1.82) is 0 Å². The third kappa shape index (κ3) is 3.61. The quantitative estimate of drug-likeness (QED) is 0.881. The van der Waals surface area contributed by atoms with Gasteiger partial charge in [-0.2, -0.15) is 4.98 Å². The van der Waals surface area contributed by atoms with Crippen LogP contribution in [0.25, 0.3) is 0 Å². The van der Waals surface area contributed by atoms with Crippen LogP contribution >= 0.6 is 11.6 Å². The molecule has 2 aromatic rings. The Morgan fingerprint density at radius 1 is 1.21 bits per heavy atom. The van der Waals surface area contributed by atoms with Gasteiger partial charge in [0.1, 0.15) is 0 Å². The zero-order valence-corrected chi connectivity index (χ0v) is 11.8. The van der Waals surface area contributed by atoms with E-state index in [-0.39, 0.29) is 0 Å². The lowest BCUT2D eigenvalue weighted by molar-refractivity contribution is 0.382. The number of aromatic nitrogens is 2. The van der Waals surface area contributed by atoms with Gasteiger partial charge in [-0.3, -0.25) is 0 Å². The van der Waals surface area contributed by atoms with Crippen molar-refractivity contribution in [3.63, 3.8) is 0 Å². The van der Waals surface area contributed by atoms with Gasteiger partial charge in [-0.25, -0.2) is 0 Å². The Morgan fingerprint density at radius 3 is 2.53 bits per heavy atom. The summed E-state index contributed by atoms with van der Waals surface area (Å²) < 4.78 is 5.20. The number of halogens is 1. The molecule has 0 aliphatic rings. The van der Waals surface area contributed by atoms with E-state index in [0.717, 1.165) is 18.8 Å². The van der Waals surface area contributed by atoms with Crippen LogP contribution in [-0.2, 0) is 6.54 Å². The molecule has 0 amide bonds. The van der Waals surface area contributed by atoms with E-state index in [9.17, 15) is 0 Å². The molecule has 0 fully saturated rings. The van der Waals surface area contributed by atoms with E-state index in [4.69, 9.17) is 16.1 Å². The second-order valence-corrected chi connectivity index (χ2v) is 4.46. The van der Waals surface area contributed by atoms with Gasteiger partial charge in [0.2, 0.25) is 5.89 Å². The molecule has 0 radical (unpaired) electrons. The number of anilines is 2. The third-order valence-corrected chi connectivity index (χ3v) is 3.04. The number of hydrogen-bond acceptors (Lipinski definition) is 5. The Hall–Kier alpha value is -1.75. The molecule has 0 saturated carbocycles. The summed E-state index contributed by atoms with van der Waals surface area (Å²) in [6.07, 6.45) is 0. The highest BCUT2D eigenvalue weighted by Crippen LogP contribution is 2.15. The van der Waals surface area contributed by atoms with E-state index in [0.29, 0.717) is 23.4 Å². The molecule has 0 atom stereocenters. The molecule has 19 heavy (non-hydrogen) atoms. The van der Waals surface area contributed by atoms with Gasteiger partial charge in [-0.15, -0.1) is 0 Å². The van der Waals surface area contributed by atoms with E-state index in [1.165, 1.54) is 0 Å². The number of nitrogens with one attached hydrogen (secondary N) is 1. The summed E-state index contributed by atoms with van der Waals surface area (Å²) in [5, 5.41) is 7.88. The van der Waals surface area contributed by atoms with E-state index < -0.39 is 0 Å². The maximum atomic E-state index is 5.82. The van der Waals surface area contributed by atoms with Crippen LogP contribution in [0.15, 0.2) is 28.8 Å². The molecule has 1 N–H and O–H groups in total. The molecule has 0 bridgehead atoms. The first-order valence-corrected chi connectivity index (χ1v) is 6.67. The minimum Gasteiger partial charge on any atom is -0.376 e. The molecule has 6 heteroatoms. The number of hydrogen-bond donors (Lipinski definition) is 1. The van der Waals surface area contributed by atoms with Crippen LogP contribution < -0.4 is 10.2 Å². The van der Waals surface area contributed by atoms with Gasteiger partial charge >= 0.3 is 0 Å². The third-order valence-electron chi connectivity index (χ3n) is 2.79. The van der Waals surface area contributed by atoms with Gasteiger partial charge in [0.25, 0.3) is 5.95 Å². The molecule has 1 heterocycles. The Labute approximate surface area is 117 Å². The van der Waals surface area contributed by atoms with Crippen molar-refractivity contribution in [2.24, 2.45) is 0 Å². The zero-order valence-electron chi connectivity index (χ0n) is 11.1. The first-order chi connectivity index (χ1) is 9.22. The minimum atomic E-state index is 0.496. The standard InChI is InChI=1S/C13H17ClN4O/c1-3-18(4-2)13-16-12(19-17-13)9-15-11-7-5-10(14)6-8-11/h5-8,15H,3-4,9H2,1-2H3. The molecule has 102 valence electrons. The highest BCUT2D eigenvalue weighted by Gasteiger charge is 2.10. The van der Waals surface area contributed by atoms with Crippen LogP contribution in [0.2, 0.25) is 5.02 Å². The molecule has 0 unspecified atom stereocenters. The maximum Gasteiger partial charge on any atom is 0.266 e. The van der Waals surface area contributed by atoms with Crippen LogP contribution in [0.5, 0.6) is 0 Å². The van der Waals surface area contributed by atoms with Crippen LogP contribution in [0.3, 0.4) is 0 Å². The summed E-state index contributed by atoms with van der Waals surface area (Å²) in [5.74, 6) is 1.20. The highest BCUT2D eigenvalue weighted by molar-refractivity contribution is 6.30. The van der Waals surface area contributed by atoms with E-state index in [1.54, 1.807) is 0 Å². The van der Waals surface area contributed by atoms with Crippen molar-refractivity contribution in [3.8, 4) is 0 Å². The lowest BCUT2D eigenvalue weighted by Crippen LogP contribution is -2.23. The van der Waals surface area contributed by atoms with Crippen LogP contribution in [0.1, 0.15) is 19.7 Å². The molecule has 2 rings (SSSR count). The zero-order chi connectivity index (χ0) is 13.7. The summed E-state index contributed by atoms with van der Waals surface area (Å²) in [6.45, 7) is 6.34. The molecule has 0 spiro atoms. The van der Waals surface area contributed by atoms with E-state index in [1.807, 2.05) is 29.2 Å². The Kier molecular flexibility index (Phi) is 4.63. The fourth-order valence-electron chi connectivity index (χ4n) is 1.70. The first kappa shape index (κ1) is 13.7. The average molecular weight is 281 g/mol. The fourth-order valence-corrected chi connectivity index (χ4v) is 1.82. The summed E-state index contributed by atoms with van der Waals surface area (Å²) in [5.41, 5.74) is 0.965. The molecule has 0 aliphatic carbocycles. The van der Waals surface area contributed by atoms with E-state index in [2.05, 4.69) is 29.3 Å². The SMILES string of the molecule is CCN(CC)c1noc(CNc2ccc(Cl)cc2)n1. The maximum absolute atomic E-state index is 5.82. The summed E-state index contributed by atoms with van der Waals surface area (Å²) in [4.78, 5) is 6.38. The molecule has 0 aliphatic heterocycles. The number of benzene rings is 1. The summed E-state index contributed by atoms with van der Waals surface area (Å²) >= 11 is 5.82. The van der Waals surface area contributed by atoms with Crippen molar-refractivity contribution in [1.82, 2.24) is 10.1 Å². The van der Waals surface area contributed by atoms with Gasteiger partial charge in [-0.1, -0.05) is 11.6 Å². The van der Waals surface area contributed by atoms with Crippen molar-refractivity contribution >= 4 is 23.2 Å². The topological polar surface area (TPSA) is 54.2 Å². The largest absolute Gasteiger partial charge is 0.376 e. The second-order valence-electron chi connectivity index (χ2n) is 4.02. The molecule has 1 aromatic carbocycles. The Bertz CT molecular complexity index is 508. The van der Waals surface area contributed by atoms with Crippen LogP contribution in [0.4, 0.5) is 11.6 Å². The Balaban J connectivity index is 1.95. The lowest BCUT2D eigenvalue weighted by Gasteiger charge is -2.14. The normalized spacial score (nSPS) is 10.5. The van der Waals surface area contributed by atoms with Crippen molar-refractivity contribution in [2.45, 2.75) is 20.4 Å². The average Bonchev–Trinajstić information content (AvgIpc) is 2.88. The van der Waals surface area contributed by atoms with Crippen LogP contribution in [-0.4, -0.2) is 23.2 Å². The number of rotatable bonds is 6. The molecular weight excluding hydrogens is 264 g/mol. The number of nitrogens with zero attached hydrogens (tertiary/aromatic N) is 3.